The molecule has 0 aliphatic carbocycles. The number of aromatic nitrogens is 1. The second kappa shape index (κ2) is 6.52. The van der Waals surface area contributed by atoms with E-state index in [-0.39, 0.29) is 0 Å². The first-order chi connectivity index (χ1) is 8.40. The van der Waals surface area contributed by atoms with Crippen LogP contribution in [-0.4, -0.2) is 11.5 Å². The summed E-state index contributed by atoms with van der Waals surface area (Å²) in [6.07, 6.45) is 4.03. The molecule has 0 amide bonds. The van der Waals surface area contributed by atoms with Gasteiger partial charge < -0.3 is 5.32 Å². The maximum atomic E-state index is 4.37. The van der Waals surface area contributed by atoms with Gasteiger partial charge in [0.05, 0.1) is 6.04 Å². The first-order valence-corrected chi connectivity index (χ1v) is 6.95. The number of hydrogen-bond acceptors (Lipinski definition) is 3. The summed E-state index contributed by atoms with van der Waals surface area (Å²) in [5, 5.41) is 6.80. The standard InChI is InChI=1S/C14H18N2S/c1-2-13(14-16-10-11-17-14)15-9-8-12-6-4-3-5-7-12/h3-7,10-11,13,15H,2,8-9H2,1H3. The minimum atomic E-state index is 0.402. The van der Waals surface area contributed by atoms with Gasteiger partial charge in [0.25, 0.3) is 0 Å². The summed E-state index contributed by atoms with van der Waals surface area (Å²) in [5.74, 6) is 0. The van der Waals surface area contributed by atoms with E-state index in [1.54, 1.807) is 11.3 Å². The third-order valence-electron chi connectivity index (χ3n) is 2.81. The lowest BCUT2D eigenvalue weighted by molar-refractivity contribution is 0.520. The molecule has 1 N–H and O–H groups in total. The van der Waals surface area contributed by atoms with Crippen molar-refractivity contribution in [2.75, 3.05) is 6.54 Å². The van der Waals surface area contributed by atoms with E-state index in [2.05, 4.69) is 47.6 Å². The molecule has 0 radical (unpaired) electrons. The number of hydrogen-bond donors (Lipinski definition) is 1. The highest BCUT2D eigenvalue weighted by Gasteiger charge is 2.10. The number of benzene rings is 1. The first-order valence-electron chi connectivity index (χ1n) is 6.07. The van der Waals surface area contributed by atoms with Gasteiger partial charge in [0.1, 0.15) is 5.01 Å². The third kappa shape index (κ3) is 3.65. The minimum absolute atomic E-state index is 0.402. The van der Waals surface area contributed by atoms with E-state index in [0.717, 1.165) is 19.4 Å². The van der Waals surface area contributed by atoms with Gasteiger partial charge in [-0.2, -0.15) is 0 Å². The monoisotopic (exact) mass is 246 g/mol. The molecule has 3 heteroatoms. The van der Waals surface area contributed by atoms with Crippen molar-refractivity contribution in [2.45, 2.75) is 25.8 Å². The molecule has 0 bridgehead atoms. The predicted molar refractivity (Wildman–Crippen MR) is 73.3 cm³/mol. The normalized spacial score (nSPS) is 12.5. The van der Waals surface area contributed by atoms with Gasteiger partial charge in [0.15, 0.2) is 0 Å². The molecule has 0 saturated heterocycles. The topological polar surface area (TPSA) is 24.9 Å². The Labute approximate surface area is 107 Å². The van der Waals surface area contributed by atoms with Crippen LogP contribution >= 0.6 is 11.3 Å². The van der Waals surface area contributed by atoms with Crippen LogP contribution in [0.3, 0.4) is 0 Å². The average molecular weight is 246 g/mol. The van der Waals surface area contributed by atoms with Crippen LogP contribution in [-0.2, 0) is 6.42 Å². The summed E-state index contributed by atoms with van der Waals surface area (Å²) in [4.78, 5) is 4.37. The molecule has 0 spiro atoms. The fourth-order valence-electron chi connectivity index (χ4n) is 1.85. The van der Waals surface area contributed by atoms with E-state index in [0.29, 0.717) is 6.04 Å². The van der Waals surface area contributed by atoms with Crippen LogP contribution in [0.25, 0.3) is 0 Å². The molecular formula is C14H18N2S. The smallest absolute Gasteiger partial charge is 0.109 e. The van der Waals surface area contributed by atoms with Gasteiger partial charge in [0.2, 0.25) is 0 Å². The van der Waals surface area contributed by atoms with Crippen molar-refractivity contribution in [3.05, 3.63) is 52.5 Å². The lowest BCUT2D eigenvalue weighted by Crippen LogP contribution is -2.23. The lowest BCUT2D eigenvalue weighted by atomic mass is 10.1. The van der Waals surface area contributed by atoms with Gasteiger partial charge in [-0.3, -0.25) is 0 Å². The van der Waals surface area contributed by atoms with Crippen molar-refractivity contribution >= 4 is 11.3 Å². The molecule has 2 aromatic rings. The van der Waals surface area contributed by atoms with Gasteiger partial charge >= 0.3 is 0 Å². The highest BCUT2D eigenvalue weighted by molar-refractivity contribution is 7.09. The zero-order chi connectivity index (χ0) is 11.9. The van der Waals surface area contributed by atoms with Gasteiger partial charge in [-0.05, 0) is 24.9 Å². The molecule has 2 nitrogen and oxygen atoms in total. The zero-order valence-corrected chi connectivity index (χ0v) is 10.9. The second-order valence-corrected chi connectivity index (χ2v) is 4.95. The number of nitrogens with zero attached hydrogens (tertiary/aromatic N) is 1. The first kappa shape index (κ1) is 12.3. The Bertz CT molecular complexity index is 411. The summed E-state index contributed by atoms with van der Waals surface area (Å²) >= 11 is 1.73. The Balaban J connectivity index is 1.81. The van der Waals surface area contributed by atoms with Crippen LogP contribution in [0.5, 0.6) is 0 Å². The van der Waals surface area contributed by atoms with Crippen LogP contribution in [0, 0.1) is 0 Å². The summed E-state index contributed by atoms with van der Waals surface area (Å²) in [6, 6.07) is 11.0. The maximum Gasteiger partial charge on any atom is 0.109 e. The molecule has 0 aliphatic rings. The molecule has 1 aromatic carbocycles. The molecule has 1 aromatic heterocycles. The summed E-state index contributed by atoms with van der Waals surface area (Å²) in [5.41, 5.74) is 1.38. The van der Waals surface area contributed by atoms with Crippen LogP contribution in [0.15, 0.2) is 41.9 Å². The minimum Gasteiger partial charge on any atom is -0.308 e. The molecule has 0 aliphatic heterocycles. The maximum absolute atomic E-state index is 4.37. The molecule has 0 saturated carbocycles. The molecule has 1 atom stereocenters. The van der Waals surface area contributed by atoms with E-state index in [9.17, 15) is 0 Å². The average Bonchev–Trinajstić information content (AvgIpc) is 2.90. The van der Waals surface area contributed by atoms with Crippen molar-refractivity contribution < 1.29 is 0 Å². The van der Waals surface area contributed by atoms with E-state index < -0.39 is 0 Å². The van der Waals surface area contributed by atoms with E-state index >= 15 is 0 Å². The Morgan fingerprint density at radius 1 is 1.29 bits per heavy atom. The predicted octanol–water partition coefficient (Wildman–Crippen LogP) is 3.43. The van der Waals surface area contributed by atoms with Gasteiger partial charge in [-0.15, -0.1) is 11.3 Å². The lowest BCUT2D eigenvalue weighted by Gasteiger charge is -2.14. The van der Waals surface area contributed by atoms with Crippen molar-refractivity contribution in [3.8, 4) is 0 Å². The Hall–Kier alpha value is -1.19. The molecular weight excluding hydrogens is 228 g/mol. The van der Waals surface area contributed by atoms with Crippen molar-refractivity contribution in [3.63, 3.8) is 0 Å². The molecule has 17 heavy (non-hydrogen) atoms. The SMILES string of the molecule is CCC(NCCc1ccccc1)c1nccs1. The van der Waals surface area contributed by atoms with Crippen LogP contribution in [0.1, 0.15) is 30.0 Å². The van der Waals surface area contributed by atoms with Crippen molar-refractivity contribution in [1.29, 1.82) is 0 Å². The van der Waals surface area contributed by atoms with Crippen LogP contribution in [0.2, 0.25) is 0 Å². The van der Waals surface area contributed by atoms with Crippen LogP contribution < -0.4 is 5.32 Å². The number of rotatable bonds is 6. The summed E-state index contributed by atoms with van der Waals surface area (Å²) in [6.45, 7) is 3.20. The number of thiazole rings is 1. The van der Waals surface area contributed by atoms with Gasteiger partial charge in [-0.1, -0.05) is 37.3 Å². The molecule has 0 fully saturated rings. The Morgan fingerprint density at radius 3 is 2.76 bits per heavy atom. The highest BCUT2D eigenvalue weighted by atomic mass is 32.1. The number of nitrogens with one attached hydrogen (secondary N) is 1. The quantitative estimate of drug-likeness (QED) is 0.844. The molecule has 2 rings (SSSR count). The molecule has 1 unspecified atom stereocenters. The van der Waals surface area contributed by atoms with E-state index in [1.165, 1.54) is 10.6 Å². The van der Waals surface area contributed by atoms with Gasteiger partial charge in [0, 0.05) is 11.6 Å². The second-order valence-electron chi connectivity index (χ2n) is 4.02. The van der Waals surface area contributed by atoms with Gasteiger partial charge in [-0.25, -0.2) is 4.98 Å². The summed E-state index contributed by atoms with van der Waals surface area (Å²) in [7, 11) is 0. The summed E-state index contributed by atoms with van der Waals surface area (Å²) < 4.78 is 0. The highest BCUT2D eigenvalue weighted by Crippen LogP contribution is 2.18. The molecule has 1 heterocycles. The Kier molecular flexibility index (Phi) is 4.71. The third-order valence-corrected chi connectivity index (χ3v) is 3.69. The largest absolute Gasteiger partial charge is 0.308 e. The fourth-order valence-corrected chi connectivity index (χ4v) is 2.65. The molecule has 90 valence electrons. The van der Waals surface area contributed by atoms with E-state index in [4.69, 9.17) is 0 Å². The fraction of sp³-hybridized carbons (Fsp3) is 0.357. The van der Waals surface area contributed by atoms with Crippen LogP contribution in [0.4, 0.5) is 0 Å². The van der Waals surface area contributed by atoms with Crippen molar-refractivity contribution in [2.24, 2.45) is 0 Å². The van der Waals surface area contributed by atoms with Crippen molar-refractivity contribution in [1.82, 2.24) is 10.3 Å². The zero-order valence-electron chi connectivity index (χ0n) is 10.1. The van der Waals surface area contributed by atoms with E-state index in [1.807, 2.05) is 11.6 Å². The Morgan fingerprint density at radius 2 is 2.12 bits per heavy atom.